The highest BCUT2D eigenvalue weighted by Crippen LogP contribution is 2.35. The standard InChI is InChI=1S/C17H21N3O3S/c1-12-15(24-20-19-12)16(21)18-11-17(22,13-5-3-2-4-6-13)14-7-9-23-10-8-14/h2-6,14,22H,7-11H2,1H3,(H,18,21)/t17-/m0/s1. The number of hydrogen-bond acceptors (Lipinski definition) is 6. The molecular weight excluding hydrogens is 326 g/mol. The molecule has 0 radical (unpaired) electrons. The summed E-state index contributed by atoms with van der Waals surface area (Å²) >= 11 is 1.06. The average Bonchev–Trinajstić information content (AvgIpc) is 3.07. The summed E-state index contributed by atoms with van der Waals surface area (Å²) in [6.45, 7) is 3.16. The minimum Gasteiger partial charge on any atom is -0.383 e. The smallest absolute Gasteiger partial charge is 0.265 e. The van der Waals surface area contributed by atoms with Gasteiger partial charge in [-0.2, -0.15) is 0 Å². The number of amides is 1. The Hall–Kier alpha value is -1.83. The van der Waals surface area contributed by atoms with Crippen LogP contribution in [-0.4, -0.2) is 40.4 Å². The van der Waals surface area contributed by atoms with Gasteiger partial charge in [0.1, 0.15) is 10.5 Å². The van der Waals surface area contributed by atoms with E-state index in [4.69, 9.17) is 4.74 Å². The van der Waals surface area contributed by atoms with Crippen molar-refractivity contribution in [3.05, 3.63) is 46.5 Å². The number of ether oxygens (including phenoxy) is 1. The van der Waals surface area contributed by atoms with Crippen molar-refractivity contribution in [3.8, 4) is 0 Å². The maximum atomic E-state index is 12.4. The summed E-state index contributed by atoms with van der Waals surface area (Å²) in [4.78, 5) is 12.9. The molecule has 1 fully saturated rings. The van der Waals surface area contributed by atoms with Gasteiger partial charge in [-0.05, 0) is 42.8 Å². The van der Waals surface area contributed by atoms with Gasteiger partial charge in [0.05, 0.1) is 12.2 Å². The van der Waals surface area contributed by atoms with Crippen LogP contribution in [0.25, 0.3) is 0 Å². The summed E-state index contributed by atoms with van der Waals surface area (Å²) in [5.41, 5.74) is 0.301. The molecule has 3 rings (SSSR count). The third-order valence-electron chi connectivity index (χ3n) is 4.55. The minimum atomic E-state index is -1.12. The number of carbonyl (C=O) groups is 1. The fourth-order valence-corrected chi connectivity index (χ4v) is 3.69. The lowest BCUT2D eigenvalue weighted by molar-refractivity contribution is -0.0680. The van der Waals surface area contributed by atoms with Gasteiger partial charge in [0, 0.05) is 13.2 Å². The highest BCUT2D eigenvalue weighted by molar-refractivity contribution is 7.07. The maximum Gasteiger partial charge on any atom is 0.265 e. The van der Waals surface area contributed by atoms with E-state index in [9.17, 15) is 9.90 Å². The maximum absolute atomic E-state index is 12.4. The van der Waals surface area contributed by atoms with Gasteiger partial charge in [-0.3, -0.25) is 4.79 Å². The van der Waals surface area contributed by atoms with Gasteiger partial charge in [0.25, 0.3) is 5.91 Å². The number of aromatic nitrogens is 2. The Kier molecular flexibility index (Phi) is 5.23. The summed E-state index contributed by atoms with van der Waals surface area (Å²) in [5, 5.41) is 18.1. The number of hydrogen-bond donors (Lipinski definition) is 2. The number of carbonyl (C=O) groups excluding carboxylic acids is 1. The molecule has 0 saturated carbocycles. The average molecular weight is 347 g/mol. The van der Waals surface area contributed by atoms with Gasteiger partial charge >= 0.3 is 0 Å². The molecule has 1 aromatic heterocycles. The van der Waals surface area contributed by atoms with E-state index in [1.807, 2.05) is 30.3 Å². The summed E-state index contributed by atoms with van der Waals surface area (Å²) in [6, 6.07) is 9.53. The van der Waals surface area contributed by atoms with Gasteiger partial charge < -0.3 is 15.2 Å². The van der Waals surface area contributed by atoms with Gasteiger partial charge in [0.15, 0.2) is 0 Å². The van der Waals surface area contributed by atoms with Crippen LogP contribution in [0.1, 0.15) is 33.8 Å². The summed E-state index contributed by atoms with van der Waals surface area (Å²) in [6.07, 6.45) is 1.53. The van der Waals surface area contributed by atoms with Crippen LogP contribution in [0.2, 0.25) is 0 Å². The van der Waals surface area contributed by atoms with Crippen molar-refractivity contribution in [3.63, 3.8) is 0 Å². The van der Waals surface area contributed by atoms with Crippen LogP contribution in [0.5, 0.6) is 0 Å². The molecule has 1 aliphatic heterocycles. The second kappa shape index (κ2) is 7.38. The minimum absolute atomic E-state index is 0.0367. The molecule has 1 aromatic carbocycles. The summed E-state index contributed by atoms with van der Waals surface area (Å²) in [7, 11) is 0. The first-order chi connectivity index (χ1) is 11.6. The highest BCUT2D eigenvalue weighted by atomic mass is 32.1. The molecule has 128 valence electrons. The predicted octanol–water partition coefficient (Wildman–Crippen LogP) is 1.89. The molecule has 7 heteroatoms. The molecular formula is C17H21N3O3S. The topological polar surface area (TPSA) is 84.3 Å². The van der Waals surface area contributed by atoms with Crippen LogP contribution in [0, 0.1) is 12.8 Å². The van der Waals surface area contributed by atoms with Crippen molar-refractivity contribution in [1.29, 1.82) is 0 Å². The molecule has 1 amide bonds. The SMILES string of the molecule is Cc1nnsc1C(=O)NC[C@](O)(c1ccccc1)C1CCOCC1. The predicted molar refractivity (Wildman–Crippen MR) is 90.9 cm³/mol. The molecule has 0 unspecified atom stereocenters. The number of benzene rings is 1. The van der Waals surface area contributed by atoms with E-state index in [1.54, 1.807) is 6.92 Å². The second-order valence-electron chi connectivity index (χ2n) is 6.05. The lowest BCUT2D eigenvalue weighted by atomic mass is 9.77. The lowest BCUT2D eigenvalue weighted by Crippen LogP contribution is -2.47. The Bertz CT molecular complexity index is 685. The first-order valence-electron chi connectivity index (χ1n) is 8.04. The summed E-state index contributed by atoms with van der Waals surface area (Å²) < 4.78 is 9.20. The number of aliphatic hydroxyl groups is 1. The van der Waals surface area contributed by atoms with Crippen LogP contribution < -0.4 is 5.32 Å². The van der Waals surface area contributed by atoms with Gasteiger partial charge in [-0.15, -0.1) is 5.10 Å². The van der Waals surface area contributed by atoms with Crippen molar-refractivity contribution in [1.82, 2.24) is 14.9 Å². The van der Waals surface area contributed by atoms with Crippen LogP contribution >= 0.6 is 11.5 Å². The van der Waals surface area contributed by atoms with E-state index >= 15 is 0 Å². The molecule has 0 bridgehead atoms. The molecule has 1 atom stereocenters. The first-order valence-corrected chi connectivity index (χ1v) is 8.81. The van der Waals surface area contributed by atoms with Crippen LogP contribution in [-0.2, 0) is 10.3 Å². The highest BCUT2D eigenvalue weighted by Gasteiger charge is 2.39. The Morgan fingerprint density at radius 3 is 2.71 bits per heavy atom. The molecule has 6 nitrogen and oxygen atoms in total. The first kappa shape index (κ1) is 17.0. The van der Waals surface area contributed by atoms with Crippen molar-refractivity contribution >= 4 is 17.4 Å². The molecule has 2 heterocycles. The number of nitrogens with one attached hydrogen (secondary N) is 1. The molecule has 24 heavy (non-hydrogen) atoms. The Balaban J connectivity index is 1.80. The lowest BCUT2D eigenvalue weighted by Gasteiger charge is -2.39. The number of nitrogens with zero attached hydrogens (tertiary/aromatic N) is 2. The zero-order valence-electron chi connectivity index (χ0n) is 13.6. The van der Waals surface area contributed by atoms with E-state index in [0.717, 1.165) is 29.9 Å². The van der Waals surface area contributed by atoms with E-state index in [-0.39, 0.29) is 18.4 Å². The normalized spacial score (nSPS) is 18.1. The fraction of sp³-hybridized carbons (Fsp3) is 0.471. The fourth-order valence-electron chi connectivity index (χ4n) is 3.12. The zero-order chi connectivity index (χ0) is 17.0. The van der Waals surface area contributed by atoms with Crippen molar-refractivity contribution in [2.24, 2.45) is 5.92 Å². The number of aryl methyl sites for hydroxylation is 1. The van der Waals surface area contributed by atoms with Crippen molar-refractivity contribution in [2.75, 3.05) is 19.8 Å². The zero-order valence-corrected chi connectivity index (χ0v) is 14.4. The third-order valence-corrected chi connectivity index (χ3v) is 5.37. The Morgan fingerprint density at radius 2 is 2.08 bits per heavy atom. The van der Waals surface area contributed by atoms with Crippen LogP contribution in [0.3, 0.4) is 0 Å². The molecule has 1 saturated heterocycles. The largest absolute Gasteiger partial charge is 0.383 e. The Labute approximate surface area is 145 Å². The molecule has 0 aliphatic carbocycles. The quantitative estimate of drug-likeness (QED) is 0.863. The molecule has 2 N–H and O–H groups in total. The van der Waals surface area contributed by atoms with Crippen molar-refractivity contribution < 1.29 is 14.6 Å². The van der Waals surface area contributed by atoms with Crippen LogP contribution in [0.4, 0.5) is 0 Å². The number of rotatable bonds is 5. The van der Waals surface area contributed by atoms with Crippen LogP contribution in [0.15, 0.2) is 30.3 Å². The van der Waals surface area contributed by atoms with E-state index < -0.39 is 5.60 Å². The van der Waals surface area contributed by atoms with E-state index in [1.165, 1.54) is 0 Å². The molecule has 0 spiro atoms. The summed E-state index contributed by atoms with van der Waals surface area (Å²) in [5.74, 6) is -0.210. The molecule has 1 aliphatic rings. The van der Waals surface area contributed by atoms with E-state index in [2.05, 4.69) is 14.9 Å². The van der Waals surface area contributed by atoms with E-state index in [0.29, 0.717) is 23.8 Å². The van der Waals surface area contributed by atoms with Gasteiger partial charge in [-0.25, -0.2) is 0 Å². The second-order valence-corrected chi connectivity index (χ2v) is 6.80. The van der Waals surface area contributed by atoms with Crippen molar-refractivity contribution in [2.45, 2.75) is 25.4 Å². The third kappa shape index (κ3) is 3.48. The Morgan fingerprint density at radius 1 is 1.38 bits per heavy atom. The van der Waals surface area contributed by atoms with Gasteiger partial charge in [-0.1, -0.05) is 34.8 Å². The molecule has 2 aromatic rings. The monoisotopic (exact) mass is 347 g/mol. The van der Waals surface area contributed by atoms with Gasteiger partial charge in [0.2, 0.25) is 0 Å².